The van der Waals surface area contributed by atoms with Crippen molar-refractivity contribution in [1.82, 2.24) is 5.32 Å². The fourth-order valence-corrected chi connectivity index (χ4v) is 4.52. The van der Waals surface area contributed by atoms with Crippen molar-refractivity contribution in [3.63, 3.8) is 0 Å². The normalized spacial score (nSPS) is 13.1. The van der Waals surface area contributed by atoms with Crippen LogP contribution in [0.4, 0.5) is 13.2 Å². The average Bonchev–Trinajstić information content (AvgIpc) is 2.88. The summed E-state index contributed by atoms with van der Waals surface area (Å²) in [6.07, 6.45) is 0.620. The molecule has 1 nitrogen and oxygen atoms in total. The summed E-state index contributed by atoms with van der Waals surface area (Å²) in [5, 5.41) is 5.29. The predicted octanol–water partition coefficient (Wildman–Crippen LogP) is 7.99. The summed E-state index contributed by atoms with van der Waals surface area (Å²) < 4.78 is 43.1. The van der Waals surface area contributed by atoms with E-state index in [2.05, 4.69) is 25.4 Å². The van der Waals surface area contributed by atoms with Crippen LogP contribution in [0.1, 0.15) is 69.7 Å². The first-order valence-corrected chi connectivity index (χ1v) is 12.8. The molecule has 37 heavy (non-hydrogen) atoms. The molecule has 0 aliphatic carbocycles. The molecule has 0 saturated heterocycles. The van der Waals surface area contributed by atoms with Gasteiger partial charge in [-0.25, -0.2) is 0 Å². The van der Waals surface area contributed by atoms with Gasteiger partial charge in [0.1, 0.15) is 0 Å². The van der Waals surface area contributed by atoms with Gasteiger partial charge in [-0.1, -0.05) is 88.7 Å². The smallest absolute Gasteiger partial charge is 0.387 e. The van der Waals surface area contributed by atoms with Crippen LogP contribution in [0.5, 0.6) is 0 Å². The van der Waals surface area contributed by atoms with Crippen LogP contribution < -0.4 is 15.8 Å². The Hall–Kier alpha value is -3.27. The lowest BCUT2D eigenvalue weighted by Crippen LogP contribution is -2.32. The highest BCUT2D eigenvalue weighted by atomic mass is 19.4. The second kappa shape index (κ2) is 12.8. The van der Waals surface area contributed by atoms with E-state index in [4.69, 9.17) is 0 Å². The zero-order chi connectivity index (χ0) is 27.8. The summed E-state index contributed by atoms with van der Waals surface area (Å²) in [7, 11) is 1.83. The number of hydrogen-bond acceptors (Lipinski definition) is 1. The molecule has 0 atom stereocenters. The third-order valence-corrected chi connectivity index (χ3v) is 6.42. The van der Waals surface area contributed by atoms with Gasteiger partial charge in [-0.3, -0.25) is 0 Å². The fourth-order valence-electron chi connectivity index (χ4n) is 4.52. The van der Waals surface area contributed by atoms with E-state index >= 15 is 0 Å². The van der Waals surface area contributed by atoms with Crippen LogP contribution in [-0.2, 0) is 18.0 Å². The van der Waals surface area contributed by atoms with Crippen molar-refractivity contribution in [2.75, 3.05) is 7.05 Å². The van der Waals surface area contributed by atoms with Gasteiger partial charge in [0.05, 0.1) is 5.56 Å². The average molecular weight is 508 g/mol. The summed E-state index contributed by atoms with van der Waals surface area (Å²) in [5.74, 6) is 0. The highest BCUT2D eigenvalue weighted by Crippen LogP contribution is 2.42. The fraction of sp³-hybridized carbons (Fsp3) is 0.333. The second-order valence-electron chi connectivity index (χ2n) is 9.99. The van der Waals surface area contributed by atoms with Crippen LogP contribution in [-0.4, -0.2) is 7.05 Å². The Labute approximate surface area is 220 Å². The van der Waals surface area contributed by atoms with Gasteiger partial charge in [0.15, 0.2) is 0 Å². The molecule has 0 bridgehead atoms. The van der Waals surface area contributed by atoms with Gasteiger partial charge in [-0.2, -0.15) is 13.2 Å². The summed E-state index contributed by atoms with van der Waals surface area (Å²) in [6.45, 7) is 16.0. The van der Waals surface area contributed by atoms with Crippen molar-refractivity contribution in [1.29, 1.82) is 0 Å². The molecule has 198 valence electrons. The molecular formula is C33H40F3N. The maximum atomic E-state index is 14.4. The standard InChI is InChI=1S/C31H36F3N.C2H4/c1-7-9-12-21-15-17-23(18-16-21)25-19-26(27(30(3,4)5)20-28(25)31(32,33)34)29(35-6)24-14-11-10-13-22(24)8-2;1-2/h8,10-11,13-20,35H,7,9,12H2,1-6H3;1-2H2/b22-8-,29-24-;. The minimum Gasteiger partial charge on any atom is -0.387 e. The number of alkyl halides is 3. The van der Waals surface area contributed by atoms with Crippen molar-refractivity contribution in [3.8, 4) is 11.1 Å². The number of benzene rings is 3. The van der Waals surface area contributed by atoms with Crippen molar-refractivity contribution in [2.24, 2.45) is 0 Å². The van der Waals surface area contributed by atoms with Crippen LogP contribution in [0.15, 0.2) is 73.8 Å². The zero-order valence-corrected chi connectivity index (χ0v) is 23.0. The highest BCUT2D eigenvalue weighted by Gasteiger charge is 2.36. The van der Waals surface area contributed by atoms with Crippen LogP contribution in [0.2, 0.25) is 0 Å². The van der Waals surface area contributed by atoms with E-state index in [1.54, 1.807) is 6.07 Å². The highest BCUT2D eigenvalue weighted by molar-refractivity contribution is 5.77. The van der Waals surface area contributed by atoms with Crippen molar-refractivity contribution < 1.29 is 13.2 Å². The number of nitrogens with one attached hydrogen (secondary N) is 1. The van der Waals surface area contributed by atoms with E-state index in [1.165, 1.54) is 6.07 Å². The number of halogens is 3. The molecule has 0 aliphatic rings. The molecule has 0 fully saturated rings. The Balaban J connectivity index is 0.00000235. The molecule has 0 aliphatic heterocycles. The minimum atomic E-state index is -4.47. The van der Waals surface area contributed by atoms with Gasteiger partial charge in [0, 0.05) is 23.5 Å². The van der Waals surface area contributed by atoms with E-state index in [1.807, 2.05) is 89.3 Å². The van der Waals surface area contributed by atoms with Crippen molar-refractivity contribution in [3.05, 3.63) is 107 Å². The molecule has 0 amide bonds. The molecule has 3 aromatic rings. The Morgan fingerprint density at radius 2 is 1.54 bits per heavy atom. The predicted molar refractivity (Wildman–Crippen MR) is 153 cm³/mol. The number of aryl methyl sites for hydroxylation is 1. The first-order valence-electron chi connectivity index (χ1n) is 12.8. The maximum Gasteiger partial charge on any atom is 0.417 e. The van der Waals surface area contributed by atoms with Crippen LogP contribution in [0.3, 0.4) is 0 Å². The first kappa shape index (κ1) is 30.0. The second-order valence-corrected chi connectivity index (χ2v) is 9.99. The Kier molecular flexibility index (Phi) is 10.4. The van der Waals surface area contributed by atoms with E-state index in [9.17, 15) is 13.2 Å². The van der Waals surface area contributed by atoms with Gasteiger partial charge in [0.2, 0.25) is 0 Å². The lowest BCUT2D eigenvalue weighted by molar-refractivity contribution is -0.137. The molecule has 0 spiro atoms. The van der Waals surface area contributed by atoms with Crippen molar-refractivity contribution in [2.45, 2.75) is 65.5 Å². The lowest BCUT2D eigenvalue weighted by atomic mass is 9.79. The van der Waals surface area contributed by atoms with Crippen LogP contribution in [0.25, 0.3) is 22.9 Å². The quantitative estimate of drug-likeness (QED) is 0.333. The zero-order valence-electron chi connectivity index (χ0n) is 23.0. The maximum absolute atomic E-state index is 14.4. The summed E-state index contributed by atoms with van der Waals surface area (Å²) >= 11 is 0. The van der Waals surface area contributed by atoms with E-state index in [-0.39, 0.29) is 5.56 Å². The third kappa shape index (κ3) is 7.15. The topological polar surface area (TPSA) is 12.0 Å². The summed E-state index contributed by atoms with van der Waals surface area (Å²) in [4.78, 5) is 0. The Bertz CT molecular complexity index is 1290. The van der Waals surface area contributed by atoms with Crippen LogP contribution >= 0.6 is 0 Å². The summed E-state index contributed by atoms with van der Waals surface area (Å²) in [5.41, 5.74) is 3.08. The molecule has 0 aromatic heterocycles. The Morgan fingerprint density at radius 3 is 2.05 bits per heavy atom. The molecule has 3 aromatic carbocycles. The monoisotopic (exact) mass is 507 g/mol. The molecular weight excluding hydrogens is 467 g/mol. The summed E-state index contributed by atoms with van der Waals surface area (Å²) in [6, 6.07) is 18.6. The van der Waals surface area contributed by atoms with Gasteiger partial charge < -0.3 is 5.32 Å². The van der Waals surface area contributed by atoms with Gasteiger partial charge in [-0.15, -0.1) is 13.2 Å². The van der Waals surface area contributed by atoms with E-state index < -0.39 is 17.2 Å². The largest absolute Gasteiger partial charge is 0.417 e. The molecule has 0 unspecified atom stereocenters. The van der Waals surface area contributed by atoms with Crippen molar-refractivity contribution >= 4 is 11.8 Å². The SMILES string of the molecule is C/C=c1/cccc/c1=C(/NC)c1cc(-c2ccc(CCCC)cc2)c(C(F)(F)F)cc1C(C)(C)C.C=C. The molecule has 0 radical (unpaired) electrons. The molecule has 1 N–H and O–H groups in total. The third-order valence-electron chi connectivity index (χ3n) is 6.42. The lowest BCUT2D eigenvalue weighted by Gasteiger charge is -2.27. The number of rotatable bonds is 6. The van der Waals surface area contributed by atoms with E-state index in [0.29, 0.717) is 11.1 Å². The molecule has 0 saturated carbocycles. The Morgan fingerprint density at radius 1 is 0.919 bits per heavy atom. The van der Waals surface area contributed by atoms with Crippen LogP contribution in [0, 0.1) is 0 Å². The first-order chi connectivity index (χ1) is 17.5. The number of hydrogen-bond donors (Lipinski definition) is 1. The van der Waals surface area contributed by atoms with Gasteiger partial charge in [0.25, 0.3) is 0 Å². The van der Waals surface area contributed by atoms with Gasteiger partial charge in [-0.05, 0) is 64.8 Å². The molecule has 3 rings (SSSR count). The minimum absolute atomic E-state index is 0.202. The van der Waals surface area contributed by atoms with Gasteiger partial charge >= 0.3 is 6.18 Å². The molecule has 4 heteroatoms. The molecule has 0 heterocycles. The van der Waals surface area contributed by atoms with E-state index in [0.717, 1.165) is 46.5 Å². The number of unbranched alkanes of at least 4 members (excludes halogenated alkanes) is 1.